The number of nitrogens with two attached hydrogens (primary N) is 3. The molecule has 0 radical (unpaired) electrons. The van der Waals surface area contributed by atoms with Crippen LogP contribution < -0.4 is 17.2 Å². The van der Waals surface area contributed by atoms with E-state index in [0.717, 1.165) is 16.7 Å². The van der Waals surface area contributed by atoms with Crippen molar-refractivity contribution in [3.8, 4) is 11.1 Å². The summed E-state index contributed by atoms with van der Waals surface area (Å²) in [6, 6.07) is 14.0. The van der Waals surface area contributed by atoms with Crippen LogP contribution in [0.1, 0.15) is 28.4 Å². The van der Waals surface area contributed by atoms with Gasteiger partial charge in [0.2, 0.25) is 11.8 Å². The Bertz CT molecular complexity index is 665. The van der Waals surface area contributed by atoms with E-state index in [0.29, 0.717) is 5.56 Å². The molecule has 0 aliphatic heterocycles. The van der Waals surface area contributed by atoms with E-state index < -0.39 is 17.9 Å². The van der Waals surface area contributed by atoms with E-state index in [2.05, 4.69) is 0 Å². The minimum Gasteiger partial charge on any atom is -0.370 e. The second-order valence-corrected chi connectivity index (χ2v) is 4.81. The molecule has 0 aliphatic carbocycles. The van der Waals surface area contributed by atoms with Gasteiger partial charge in [-0.05, 0) is 22.8 Å². The maximum absolute atomic E-state index is 11.4. The van der Waals surface area contributed by atoms with Crippen molar-refractivity contribution in [3.05, 3.63) is 59.7 Å². The monoisotopic (exact) mass is 283 g/mol. The number of hydrogen-bond donors (Lipinski definition) is 3. The van der Waals surface area contributed by atoms with Gasteiger partial charge < -0.3 is 17.2 Å². The van der Waals surface area contributed by atoms with Crippen LogP contribution in [-0.2, 0) is 4.79 Å². The first-order valence-electron chi connectivity index (χ1n) is 6.52. The molecule has 2 aromatic carbocycles. The largest absolute Gasteiger partial charge is 0.370 e. The summed E-state index contributed by atoms with van der Waals surface area (Å²) in [7, 11) is 0. The van der Waals surface area contributed by atoms with Crippen LogP contribution in [-0.4, -0.2) is 11.8 Å². The Hall–Kier alpha value is -2.66. The maximum atomic E-state index is 11.4. The zero-order valence-corrected chi connectivity index (χ0v) is 11.5. The zero-order valence-electron chi connectivity index (χ0n) is 11.5. The minimum absolute atomic E-state index is 0.0945. The summed E-state index contributed by atoms with van der Waals surface area (Å²) in [6.45, 7) is 0. The van der Waals surface area contributed by atoms with E-state index in [1.165, 1.54) is 0 Å². The fourth-order valence-corrected chi connectivity index (χ4v) is 2.19. The topological polar surface area (TPSA) is 112 Å². The molecule has 0 saturated heterocycles. The summed E-state index contributed by atoms with van der Waals surface area (Å²) in [5.41, 5.74) is 19.3. The zero-order chi connectivity index (χ0) is 15.4. The summed E-state index contributed by atoms with van der Waals surface area (Å²) in [5.74, 6) is -0.911. The van der Waals surface area contributed by atoms with Crippen LogP contribution in [0.2, 0.25) is 0 Å². The molecule has 0 saturated carbocycles. The van der Waals surface area contributed by atoms with Gasteiger partial charge in [0.15, 0.2) is 0 Å². The van der Waals surface area contributed by atoms with Gasteiger partial charge in [-0.1, -0.05) is 42.5 Å². The molecule has 108 valence electrons. The molecule has 1 unspecified atom stereocenters. The molecule has 6 N–H and O–H groups in total. The van der Waals surface area contributed by atoms with Crippen LogP contribution in [0, 0.1) is 0 Å². The lowest BCUT2D eigenvalue weighted by Crippen LogP contribution is -2.20. The van der Waals surface area contributed by atoms with Crippen LogP contribution in [0.15, 0.2) is 48.5 Å². The first kappa shape index (κ1) is 14.7. The van der Waals surface area contributed by atoms with E-state index in [1.807, 2.05) is 36.4 Å². The molecule has 21 heavy (non-hydrogen) atoms. The maximum Gasteiger partial charge on any atom is 0.249 e. The Morgan fingerprint density at radius 3 is 2.14 bits per heavy atom. The Morgan fingerprint density at radius 1 is 0.952 bits per heavy atom. The number of carbonyl (C=O) groups is 2. The molecule has 0 aromatic heterocycles. The second kappa shape index (κ2) is 6.19. The van der Waals surface area contributed by atoms with Gasteiger partial charge >= 0.3 is 0 Å². The number of primary amides is 2. The van der Waals surface area contributed by atoms with Gasteiger partial charge in [0.05, 0.1) is 0 Å². The third-order valence-electron chi connectivity index (χ3n) is 3.26. The van der Waals surface area contributed by atoms with Crippen LogP contribution in [0.3, 0.4) is 0 Å². The summed E-state index contributed by atoms with van der Waals surface area (Å²) in [6.07, 6.45) is 0.0945. The molecule has 0 aliphatic rings. The van der Waals surface area contributed by atoms with Gasteiger partial charge in [0.1, 0.15) is 0 Å². The van der Waals surface area contributed by atoms with Crippen LogP contribution in [0.25, 0.3) is 11.1 Å². The van der Waals surface area contributed by atoms with Crippen molar-refractivity contribution in [1.29, 1.82) is 0 Å². The molecule has 5 heteroatoms. The summed E-state index contributed by atoms with van der Waals surface area (Å²) >= 11 is 0. The first-order chi connectivity index (χ1) is 9.99. The molecule has 0 spiro atoms. The highest BCUT2D eigenvalue weighted by Gasteiger charge is 2.12. The molecule has 5 nitrogen and oxygen atoms in total. The van der Waals surface area contributed by atoms with Gasteiger partial charge in [-0.2, -0.15) is 0 Å². The molecule has 2 rings (SSSR count). The first-order valence-corrected chi connectivity index (χ1v) is 6.52. The van der Waals surface area contributed by atoms with Crippen molar-refractivity contribution < 1.29 is 9.59 Å². The predicted octanol–water partition coefficient (Wildman–Crippen LogP) is 1.33. The summed E-state index contributed by atoms with van der Waals surface area (Å²) in [5, 5.41) is 0. The van der Waals surface area contributed by atoms with Gasteiger partial charge in [0, 0.05) is 18.0 Å². The second-order valence-electron chi connectivity index (χ2n) is 4.81. The average Bonchev–Trinajstić information content (AvgIpc) is 2.46. The highest BCUT2D eigenvalue weighted by Crippen LogP contribution is 2.25. The van der Waals surface area contributed by atoms with Gasteiger partial charge in [-0.25, -0.2) is 0 Å². The number of carbonyl (C=O) groups excluding carboxylic acids is 2. The van der Waals surface area contributed by atoms with Crippen molar-refractivity contribution in [3.63, 3.8) is 0 Å². The van der Waals surface area contributed by atoms with E-state index in [9.17, 15) is 9.59 Å². The summed E-state index contributed by atoms with van der Waals surface area (Å²) < 4.78 is 0. The number of hydrogen-bond acceptors (Lipinski definition) is 3. The highest BCUT2D eigenvalue weighted by molar-refractivity contribution is 5.99. The fraction of sp³-hybridized carbons (Fsp3) is 0.125. The van der Waals surface area contributed by atoms with Gasteiger partial charge in [-0.15, -0.1) is 0 Å². The Kier molecular flexibility index (Phi) is 4.35. The number of rotatable bonds is 5. The van der Waals surface area contributed by atoms with Crippen molar-refractivity contribution in [1.82, 2.24) is 0 Å². The summed E-state index contributed by atoms with van der Waals surface area (Å²) in [4.78, 5) is 22.3. The van der Waals surface area contributed by atoms with E-state index in [1.54, 1.807) is 12.1 Å². The molecular weight excluding hydrogens is 266 g/mol. The minimum atomic E-state index is -0.472. The van der Waals surface area contributed by atoms with Crippen LogP contribution in [0.5, 0.6) is 0 Å². The number of benzene rings is 2. The lowest BCUT2D eigenvalue weighted by Gasteiger charge is -2.12. The SMILES string of the molecule is NC(=O)CC(N)c1ccc(-c2ccccc2C(N)=O)cc1. The Balaban J connectivity index is 2.31. The normalized spacial score (nSPS) is 11.9. The molecule has 2 aromatic rings. The molecule has 2 amide bonds. The van der Waals surface area contributed by atoms with Crippen molar-refractivity contribution in [2.24, 2.45) is 17.2 Å². The van der Waals surface area contributed by atoms with Crippen molar-refractivity contribution in [2.45, 2.75) is 12.5 Å². The predicted molar refractivity (Wildman–Crippen MR) is 81.1 cm³/mol. The lowest BCUT2D eigenvalue weighted by molar-refractivity contribution is -0.118. The average molecular weight is 283 g/mol. The van der Waals surface area contributed by atoms with Crippen LogP contribution >= 0.6 is 0 Å². The smallest absolute Gasteiger partial charge is 0.249 e. The van der Waals surface area contributed by atoms with Gasteiger partial charge in [0.25, 0.3) is 0 Å². The molecule has 0 heterocycles. The Morgan fingerprint density at radius 2 is 1.57 bits per heavy atom. The van der Waals surface area contributed by atoms with Crippen molar-refractivity contribution >= 4 is 11.8 Å². The lowest BCUT2D eigenvalue weighted by atomic mass is 9.96. The number of amides is 2. The quantitative estimate of drug-likeness (QED) is 0.769. The van der Waals surface area contributed by atoms with E-state index >= 15 is 0 Å². The molecule has 0 bridgehead atoms. The van der Waals surface area contributed by atoms with Crippen LogP contribution in [0.4, 0.5) is 0 Å². The highest BCUT2D eigenvalue weighted by atomic mass is 16.1. The van der Waals surface area contributed by atoms with Crippen molar-refractivity contribution in [2.75, 3.05) is 0 Å². The fourth-order valence-electron chi connectivity index (χ4n) is 2.19. The third kappa shape index (κ3) is 3.46. The standard InChI is InChI=1S/C16H17N3O2/c17-14(9-15(18)20)11-7-5-10(6-8-11)12-3-1-2-4-13(12)16(19)21/h1-8,14H,9,17H2,(H2,18,20)(H2,19,21). The van der Waals surface area contributed by atoms with Gasteiger partial charge in [-0.3, -0.25) is 9.59 Å². The molecule has 1 atom stereocenters. The molecule has 0 fully saturated rings. The third-order valence-corrected chi connectivity index (χ3v) is 3.26. The molecular formula is C16H17N3O2. The van der Waals surface area contributed by atoms with E-state index in [-0.39, 0.29) is 6.42 Å². The van der Waals surface area contributed by atoms with E-state index in [4.69, 9.17) is 17.2 Å². The Labute approximate surface area is 122 Å².